The molecule has 0 heterocycles. The van der Waals surface area contributed by atoms with E-state index in [0.717, 1.165) is 11.8 Å². The Morgan fingerprint density at radius 1 is 1.64 bits per heavy atom. The molecule has 0 aromatic heterocycles. The van der Waals surface area contributed by atoms with Gasteiger partial charge >= 0.3 is 0 Å². The fourth-order valence-electron chi connectivity index (χ4n) is 0.524. The van der Waals surface area contributed by atoms with Crippen molar-refractivity contribution >= 4 is 17.7 Å². The molecule has 1 amide bonds. The first-order valence-corrected chi connectivity index (χ1v) is 4.87. The van der Waals surface area contributed by atoms with Gasteiger partial charge in [-0.25, -0.2) is 8.78 Å². The standard InChI is InChI=1S/C7H10F2N2O2S/c8-7(9,5-12)4-11-6(13)3-14-2-1-10/h12H,2-5H2,(H,11,13). The Morgan fingerprint density at radius 2 is 2.29 bits per heavy atom. The molecule has 14 heavy (non-hydrogen) atoms. The van der Waals surface area contributed by atoms with Gasteiger partial charge in [0.1, 0.15) is 6.61 Å². The van der Waals surface area contributed by atoms with Crippen molar-refractivity contribution in [3.63, 3.8) is 0 Å². The highest BCUT2D eigenvalue weighted by Gasteiger charge is 2.27. The molecule has 4 nitrogen and oxygen atoms in total. The van der Waals surface area contributed by atoms with Crippen molar-refractivity contribution in [2.45, 2.75) is 5.92 Å². The van der Waals surface area contributed by atoms with Crippen LogP contribution in [0.15, 0.2) is 0 Å². The number of alkyl halides is 2. The summed E-state index contributed by atoms with van der Waals surface area (Å²) in [7, 11) is 0. The molecule has 0 bridgehead atoms. The molecule has 0 saturated carbocycles. The maximum atomic E-state index is 12.4. The van der Waals surface area contributed by atoms with E-state index in [1.165, 1.54) is 0 Å². The van der Waals surface area contributed by atoms with Crippen LogP contribution in [0.25, 0.3) is 0 Å². The van der Waals surface area contributed by atoms with Gasteiger partial charge in [-0.1, -0.05) is 0 Å². The summed E-state index contributed by atoms with van der Waals surface area (Å²) in [6, 6.07) is 1.80. The van der Waals surface area contributed by atoms with Crippen molar-refractivity contribution in [3.05, 3.63) is 0 Å². The monoisotopic (exact) mass is 224 g/mol. The number of hydrogen-bond acceptors (Lipinski definition) is 4. The van der Waals surface area contributed by atoms with Crippen molar-refractivity contribution < 1.29 is 18.7 Å². The first-order valence-electron chi connectivity index (χ1n) is 3.72. The van der Waals surface area contributed by atoms with E-state index in [0.29, 0.717) is 0 Å². The number of nitrogens with zero attached hydrogens (tertiary/aromatic N) is 1. The van der Waals surface area contributed by atoms with Crippen molar-refractivity contribution in [1.82, 2.24) is 5.32 Å². The topological polar surface area (TPSA) is 73.1 Å². The summed E-state index contributed by atoms with van der Waals surface area (Å²) in [5, 5.41) is 18.2. The van der Waals surface area contributed by atoms with Gasteiger partial charge < -0.3 is 10.4 Å². The van der Waals surface area contributed by atoms with Gasteiger partial charge in [-0.05, 0) is 0 Å². The van der Waals surface area contributed by atoms with Crippen LogP contribution in [0.4, 0.5) is 8.78 Å². The average molecular weight is 224 g/mol. The normalized spacial score (nSPS) is 10.7. The van der Waals surface area contributed by atoms with Crippen molar-refractivity contribution in [2.24, 2.45) is 0 Å². The Balaban J connectivity index is 3.60. The summed E-state index contributed by atoms with van der Waals surface area (Å²) < 4.78 is 24.8. The number of nitrogens with one attached hydrogen (secondary N) is 1. The van der Waals surface area contributed by atoms with E-state index in [4.69, 9.17) is 10.4 Å². The first kappa shape index (κ1) is 13.1. The summed E-state index contributed by atoms with van der Waals surface area (Å²) >= 11 is 1.04. The molecule has 0 aliphatic carbocycles. The molecular formula is C7H10F2N2O2S. The van der Waals surface area contributed by atoms with Crippen LogP contribution in [0.2, 0.25) is 0 Å². The molecule has 80 valence electrons. The smallest absolute Gasteiger partial charge is 0.287 e. The second-order valence-corrected chi connectivity index (χ2v) is 3.43. The number of carbonyl (C=O) groups excluding carboxylic acids is 1. The Labute approximate surface area is 84.3 Å². The molecule has 0 rings (SSSR count). The Morgan fingerprint density at radius 3 is 2.79 bits per heavy atom. The van der Waals surface area contributed by atoms with Crippen molar-refractivity contribution in [2.75, 3.05) is 24.7 Å². The van der Waals surface area contributed by atoms with E-state index in [9.17, 15) is 13.6 Å². The van der Waals surface area contributed by atoms with Crippen LogP contribution in [0.3, 0.4) is 0 Å². The summed E-state index contributed by atoms with van der Waals surface area (Å²) in [5.41, 5.74) is 0. The van der Waals surface area contributed by atoms with E-state index in [-0.39, 0.29) is 11.5 Å². The van der Waals surface area contributed by atoms with Crippen LogP contribution in [-0.2, 0) is 4.79 Å². The molecule has 0 atom stereocenters. The van der Waals surface area contributed by atoms with Crippen LogP contribution < -0.4 is 5.32 Å². The molecule has 0 aromatic rings. The minimum absolute atomic E-state index is 0.0327. The number of aliphatic hydroxyl groups excluding tert-OH is 1. The van der Waals surface area contributed by atoms with Crippen LogP contribution in [0.1, 0.15) is 0 Å². The van der Waals surface area contributed by atoms with Gasteiger partial charge in [0.15, 0.2) is 0 Å². The highest BCUT2D eigenvalue weighted by molar-refractivity contribution is 8.00. The van der Waals surface area contributed by atoms with E-state index >= 15 is 0 Å². The predicted octanol–water partition coefficient (Wildman–Crippen LogP) is -0.0130. The fraction of sp³-hybridized carbons (Fsp3) is 0.714. The number of hydrogen-bond donors (Lipinski definition) is 2. The number of amides is 1. The highest BCUT2D eigenvalue weighted by Crippen LogP contribution is 2.09. The molecule has 2 N–H and O–H groups in total. The van der Waals surface area contributed by atoms with Gasteiger partial charge in [-0.15, -0.1) is 11.8 Å². The number of nitriles is 1. The van der Waals surface area contributed by atoms with Crippen LogP contribution in [0.5, 0.6) is 0 Å². The molecule has 0 radical (unpaired) electrons. The minimum atomic E-state index is -3.28. The highest BCUT2D eigenvalue weighted by atomic mass is 32.2. The van der Waals surface area contributed by atoms with Crippen molar-refractivity contribution in [1.29, 1.82) is 5.26 Å². The molecule has 0 aliphatic heterocycles. The molecule has 0 fully saturated rings. The zero-order valence-corrected chi connectivity index (χ0v) is 8.11. The third-order valence-corrected chi connectivity index (χ3v) is 1.97. The lowest BCUT2D eigenvalue weighted by Gasteiger charge is -2.13. The van der Waals surface area contributed by atoms with Gasteiger partial charge in [-0.2, -0.15) is 5.26 Å². The number of halogens is 2. The van der Waals surface area contributed by atoms with E-state index in [2.05, 4.69) is 0 Å². The molecule has 0 spiro atoms. The van der Waals surface area contributed by atoms with Gasteiger partial charge in [0.2, 0.25) is 5.91 Å². The molecular weight excluding hydrogens is 214 g/mol. The van der Waals surface area contributed by atoms with E-state index in [1.807, 2.05) is 5.32 Å². The minimum Gasteiger partial charge on any atom is -0.390 e. The van der Waals surface area contributed by atoms with E-state index < -0.39 is 25.0 Å². The summed E-state index contributed by atoms with van der Waals surface area (Å²) in [6.45, 7) is -2.17. The molecule has 0 aliphatic rings. The van der Waals surface area contributed by atoms with Gasteiger partial charge in [0.25, 0.3) is 5.92 Å². The first-order chi connectivity index (χ1) is 6.52. The summed E-state index contributed by atoms with van der Waals surface area (Å²) in [4.78, 5) is 10.8. The Hall–Kier alpha value is -0.870. The second kappa shape index (κ2) is 6.56. The average Bonchev–Trinajstić information content (AvgIpc) is 2.16. The maximum absolute atomic E-state index is 12.4. The SMILES string of the molecule is N#CCSCC(=O)NCC(F)(F)CO. The zero-order chi connectivity index (χ0) is 11.0. The quantitative estimate of drug-likeness (QED) is 0.622. The third kappa shape index (κ3) is 6.62. The lowest BCUT2D eigenvalue weighted by molar-refractivity contribution is -0.121. The van der Waals surface area contributed by atoms with Crippen molar-refractivity contribution in [3.8, 4) is 6.07 Å². The van der Waals surface area contributed by atoms with Crippen LogP contribution in [0, 0.1) is 11.3 Å². The lowest BCUT2D eigenvalue weighted by Crippen LogP contribution is -2.39. The second-order valence-electron chi connectivity index (χ2n) is 2.44. The lowest BCUT2D eigenvalue weighted by atomic mass is 10.3. The Bertz CT molecular complexity index is 230. The zero-order valence-electron chi connectivity index (χ0n) is 7.30. The number of thioether (sulfide) groups is 1. The summed E-state index contributed by atoms with van der Waals surface area (Å²) in [6.07, 6.45) is 0. The van der Waals surface area contributed by atoms with Crippen LogP contribution >= 0.6 is 11.8 Å². The molecule has 7 heteroatoms. The molecule has 0 unspecified atom stereocenters. The number of rotatable bonds is 6. The number of carbonyl (C=O) groups is 1. The van der Waals surface area contributed by atoms with E-state index in [1.54, 1.807) is 6.07 Å². The third-order valence-electron chi connectivity index (χ3n) is 1.18. The van der Waals surface area contributed by atoms with Gasteiger partial charge in [0, 0.05) is 0 Å². The largest absolute Gasteiger partial charge is 0.390 e. The fourth-order valence-corrected chi connectivity index (χ4v) is 1.01. The Kier molecular flexibility index (Phi) is 6.16. The van der Waals surface area contributed by atoms with Gasteiger partial charge in [-0.3, -0.25) is 4.79 Å². The molecule has 0 saturated heterocycles. The summed E-state index contributed by atoms with van der Waals surface area (Å²) in [5.74, 6) is -3.74. The number of aliphatic hydroxyl groups is 1. The van der Waals surface area contributed by atoms with Crippen LogP contribution in [-0.4, -0.2) is 41.6 Å². The van der Waals surface area contributed by atoms with Gasteiger partial charge in [0.05, 0.1) is 24.1 Å². The molecule has 0 aromatic carbocycles. The predicted molar refractivity (Wildman–Crippen MR) is 48.0 cm³/mol. The maximum Gasteiger partial charge on any atom is 0.287 e.